The Balaban J connectivity index is 1.49. The van der Waals surface area contributed by atoms with Crippen molar-refractivity contribution in [1.82, 2.24) is 4.90 Å². The van der Waals surface area contributed by atoms with E-state index < -0.39 is 5.79 Å². The first-order valence-corrected chi connectivity index (χ1v) is 11.7. The topological polar surface area (TPSA) is 62.2 Å². The van der Waals surface area contributed by atoms with Gasteiger partial charge in [-0.1, -0.05) is 0 Å². The maximum atomic E-state index is 9.42. The quantitative estimate of drug-likeness (QED) is 0.535. The van der Waals surface area contributed by atoms with Crippen molar-refractivity contribution in [2.24, 2.45) is 0 Å². The second-order valence-electron chi connectivity index (χ2n) is 7.44. The molecule has 0 amide bonds. The smallest absolute Gasteiger partial charge is 0.163 e. The van der Waals surface area contributed by atoms with Gasteiger partial charge < -0.3 is 19.7 Å². The number of ether oxygens (including phenoxy) is 2. The Kier molecular flexibility index (Phi) is 8.15. The second kappa shape index (κ2) is 10.6. The summed E-state index contributed by atoms with van der Waals surface area (Å²) in [5.41, 5.74) is 0. The Bertz CT molecular complexity index is 701. The van der Waals surface area contributed by atoms with E-state index in [9.17, 15) is 10.2 Å². The molecule has 1 atom stereocenters. The maximum Gasteiger partial charge on any atom is 0.163 e. The molecule has 0 saturated carbocycles. The lowest BCUT2D eigenvalue weighted by atomic mass is 10.3. The van der Waals surface area contributed by atoms with Gasteiger partial charge in [0.2, 0.25) is 0 Å². The lowest BCUT2D eigenvalue weighted by molar-refractivity contribution is -0.140. The summed E-state index contributed by atoms with van der Waals surface area (Å²) in [5.74, 6) is 2.02. The molecule has 2 aromatic rings. The number of thioether (sulfide) groups is 2. The molecule has 1 saturated heterocycles. The van der Waals surface area contributed by atoms with Crippen molar-refractivity contribution < 1.29 is 19.7 Å². The third-order valence-electron chi connectivity index (χ3n) is 4.56. The van der Waals surface area contributed by atoms with Crippen LogP contribution in [0.4, 0.5) is 0 Å². The van der Waals surface area contributed by atoms with E-state index in [-0.39, 0.29) is 6.10 Å². The molecule has 1 aliphatic rings. The Morgan fingerprint density at radius 1 is 0.897 bits per heavy atom. The van der Waals surface area contributed by atoms with Gasteiger partial charge in [0.05, 0.1) is 12.7 Å². The third kappa shape index (κ3) is 7.75. The number of aromatic hydroxyl groups is 2. The van der Waals surface area contributed by atoms with Crippen LogP contribution in [0.25, 0.3) is 0 Å². The van der Waals surface area contributed by atoms with Crippen molar-refractivity contribution in [3.05, 3.63) is 48.5 Å². The normalized spacial score (nSPS) is 18.4. The molecule has 0 aromatic heterocycles. The van der Waals surface area contributed by atoms with Gasteiger partial charge in [-0.25, -0.2) is 0 Å². The number of hydrogen-bond acceptors (Lipinski definition) is 7. The summed E-state index contributed by atoms with van der Waals surface area (Å²) in [6.45, 7) is 7.27. The van der Waals surface area contributed by atoms with E-state index in [4.69, 9.17) is 9.47 Å². The van der Waals surface area contributed by atoms with Crippen molar-refractivity contribution in [3.8, 4) is 11.5 Å². The predicted octanol–water partition coefficient (Wildman–Crippen LogP) is 4.44. The van der Waals surface area contributed by atoms with Gasteiger partial charge in [0.15, 0.2) is 5.79 Å². The Hall–Kier alpha value is -1.38. The first-order valence-electron chi connectivity index (χ1n) is 9.77. The zero-order valence-corrected chi connectivity index (χ0v) is 18.5. The minimum atomic E-state index is -0.502. The molecule has 158 valence electrons. The van der Waals surface area contributed by atoms with Gasteiger partial charge in [-0.05, 0) is 62.4 Å². The zero-order chi connectivity index (χ0) is 20.7. The highest BCUT2D eigenvalue weighted by Crippen LogP contribution is 2.25. The van der Waals surface area contributed by atoms with Gasteiger partial charge in [-0.2, -0.15) is 0 Å². The molecule has 0 radical (unpaired) electrons. The molecule has 1 unspecified atom stereocenters. The third-order valence-corrected chi connectivity index (χ3v) is 6.54. The monoisotopic (exact) mass is 435 g/mol. The number of phenolic OH excluding ortho intramolecular Hbond substituents is 2. The molecule has 7 heteroatoms. The maximum absolute atomic E-state index is 9.42. The molecule has 1 heterocycles. The summed E-state index contributed by atoms with van der Waals surface area (Å²) in [6, 6.07) is 14.7. The van der Waals surface area contributed by atoms with Gasteiger partial charge in [-0.15, -0.1) is 23.5 Å². The Labute approximate surface area is 181 Å². The summed E-state index contributed by atoms with van der Waals surface area (Å²) >= 11 is 3.57. The number of nitrogens with zero attached hydrogens (tertiary/aromatic N) is 1. The van der Waals surface area contributed by atoms with Crippen LogP contribution in [0.5, 0.6) is 11.5 Å². The number of benzene rings is 2. The number of phenols is 2. The van der Waals surface area contributed by atoms with E-state index in [1.165, 1.54) is 0 Å². The summed E-state index contributed by atoms with van der Waals surface area (Å²) < 4.78 is 11.7. The van der Waals surface area contributed by atoms with Gasteiger partial charge in [0.25, 0.3) is 0 Å². The van der Waals surface area contributed by atoms with Crippen molar-refractivity contribution in [2.75, 3.05) is 37.7 Å². The van der Waals surface area contributed by atoms with Gasteiger partial charge in [-0.3, -0.25) is 4.90 Å². The van der Waals surface area contributed by atoms with Crippen LogP contribution in [0, 0.1) is 0 Å². The molecular formula is C22H29NO4S2. The molecule has 1 fully saturated rings. The van der Waals surface area contributed by atoms with Crippen LogP contribution in [0.1, 0.15) is 13.8 Å². The average molecular weight is 436 g/mol. The van der Waals surface area contributed by atoms with Gasteiger partial charge in [0.1, 0.15) is 11.5 Å². The van der Waals surface area contributed by atoms with Crippen molar-refractivity contribution in [1.29, 1.82) is 0 Å². The van der Waals surface area contributed by atoms with E-state index >= 15 is 0 Å². The Morgan fingerprint density at radius 3 is 1.79 bits per heavy atom. The van der Waals surface area contributed by atoms with E-state index in [0.29, 0.717) is 18.1 Å². The van der Waals surface area contributed by atoms with Crippen LogP contribution in [0.15, 0.2) is 58.3 Å². The fourth-order valence-corrected chi connectivity index (χ4v) is 4.93. The van der Waals surface area contributed by atoms with E-state index in [1.54, 1.807) is 47.8 Å². The molecule has 1 aliphatic heterocycles. The van der Waals surface area contributed by atoms with Crippen LogP contribution >= 0.6 is 23.5 Å². The van der Waals surface area contributed by atoms with Crippen LogP contribution < -0.4 is 0 Å². The van der Waals surface area contributed by atoms with Gasteiger partial charge >= 0.3 is 0 Å². The van der Waals surface area contributed by atoms with E-state index in [2.05, 4.69) is 4.90 Å². The lowest BCUT2D eigenvalue weighted by Crippen LogP contribution is -2.37. The fourth-order valence-electron chi connectivity index (χ4n) is 3.11. The van der Waals surface area contributed by atoms with Crippen LogP contribution in [0.2, 0.25) is 0 Å². The first-order chi connectivity index (χ1) is 13.9. The fraction of sp³-hybridized carbons (Fsp3) is 0.455. The molecule has 5 nitrogen and oxygen atoms in total. The first kappa shape index (κ1) is 22.3. The highest BCUT2D eigenvalue weighted by atomic mass is 32.2. The van der Waals surface area contributed by atoms with Crippen LogP contribution in [-0.4, -0.2) is 64.8 Å². The highest BCUT2D eigenvalue weighted by molar-refractivity contribution is 7.99. The molecule has 0 spiro atoms. The minimum Gasteiger partial charge on any atom is -0.508 e. The lowest BCUT2D eigenvalue weighted by Gasteiger charge is -2.25. The van der Waals surface area contributed by atoms with Crippen LogP contribution in [-0.2, 0) is 9.47 Å². The number of hydrogen-bond donors (Lipinski definition) is 2. The molecule has 0 aliphatic carbocycles. The van der Waals surface area contributed by atoms with Crippen molar-refractivity contribution >= 4 is 23.5 Å². The summed E-state index contributed by atoms with van der Waals surface area (Å²) in [4.78, 5) is 4.74. The standard InChI is InChI=1S/C22H29NO4S2/c1-22(2)26-16-19(27-22)15-23(11-13-28-20-7-3-17(24)4-8-20)12-14-29-21-9-5-18(25)6-10-21/h3-10,19,24-25H,11-16H2,1-2H3. The Morgan fingerprint density at radius 2 is 1.38 bits per heavy atom. The molecule has 29 heavy (non-hydrogen) atoms. The minimum absolute atomic E-state index is 0.0855. The average Bonchev–Trinajstić information content (AvgIpc) is 3.03. The molecule has 2 aromatic carbocycles. The molecule has 0 bridgehead atoms. The van der Waals surface area contributed by atoms with Crippen LogP contribution in [0.3, 0.4) is 0 Å². The predicted molar refractivity (Wildman–Crippen MR) is 119 cm³/mol. The highest BCUT2D eigenvalue weighted by Gasteiger charge is 2.33. The zero-order valence-electron chi connectivity index (χ0n) is 16.9. The summed E-state index contributed by atoms with van der Waals surface area (Å²) in [5, 5.41) is 18.8. The SMILES string of the molecule is CC1(C)OCC(CN(CCSc2ccc(O)cc2)CCSc2ccc(O)cc2)O1. The largest absolute Gasteiger partial charge is 0.508 e. The molecular weight excluding hydrogens is 406 g/mol. The second-order valence-corrected chi connectivity index (χ2v) is 9.77. The number of rotatable bonds is 10. The van der Waals surface area contributed by atoms with E-state index in [1.807, 2.05) is 38.1 Å². The van der Waals surface area contributed by atoms with Gasteiger partial charge in [0, 0.05) is 40.9 Å². The van der Waals surface area contributed by atoms with E-state index in [0.717, 1.165) is 40.9 Å². The summed E-state index contributed by atoms with van der Waals surface area (Å²) in [7, 11) is 0. The molecule has 2 N–H and O–H groups in total. The summed E-state index contributed by atoms with van der Waals surface area (Å²) in [6.07, 6.45) is 0.0855. The van der Waals surface area contributed by atoms with Crippen molar-refractivity contribution in [3.63, 3.8) is 0 Å². The molecule has 3 rings (SSSR count). The van der Waals surface area contributed by atoms with Crippen molar-refractivity contribution in [2.45, 2.75) is 35.5 Å².